The van der Waals surface area contributed by atoms with E-state index in [9.17, 15) is 19.5 Å². The van der Waals surface area contributed by atoms with Gasteiger partial charge in [-0.15, -0.1) is 0 Å². The van der Waals surface area contributed by atoms with E-state index < -0.39 is 17.7 Å². The molecular formula is C29H30N2O6S. The molecule has 0 radical (unpaired) electrons. The smallest absolute Gasteiger partial charge is 0.301 e. The molecule has 0 aliphatic carbocycles. The molecule has 1 unspecified atom stereocenters. The van der Waals surface area contributed by atoms with E-state index in [0.29, 0.717) is 39.8 Å². The van der Waals surface area contributed by atoms with Gasteiger partial charge in [0, 0.05) is 12.5 Å². The molecule has 1 aliphatic rings. The van der Waals surface area contributed by atoms with Crippen molar-refractivity contribution in [3.8, 4) is 11.5 Å². The van der Waals surface area contributed by atoms with Gasteiger partial charge in [0.2, 0.25) is 0 Å². The highest BCUT2D eigenvalue weighted by Gasteiger charge is 2.48. The maximum absolute atomic E-state index is 13.4. The lowest BCUT2D eigenvalue weighted by Gasteiger charge is -2.23. The molecule has 1 saturated heterocycles. The molecule has 0 bridgehead atoms. The number of rotatable bonds is 10. The molecule has 1 atom stereocenters. The molecule has 2 heterocycles. The maximum atomic E-state index is 13.4. The summed E-state index contributed by atoms with van der Waals surface area (Å²) in [6.45, 7) is 5.83. The Balaban J connectivity index is 1.80. The van der Waals surface area contributed by atoms with Gasteiger partial charge < -0.3 is 14.6 Å². The van der Waals surface area contributed by atoms with E-state index in [1.54, 1.807) is 55.5 Å². The van der Waals surface area contributed by atoms with Crippen molar-refractivity contribution in [2.75, 3.05) is 18.6 Å². The number of methoxy groups -OCH3 is 1. The van der Waals surface area contributed by atoms with Crippen molar-refractivity contribution in [2.24, 2.45) is 0 Å². The molecule has 1 fully saturated rings. The second kappa shape index (κ2) is 11.6. The van der Waals surface area contributed by atoms with Gasteiger partial charge in [0.15, 0.2) is 10.9 Å². The Labute approximate surface area is 225 Å². The van der Waals surface area contributed by atoms with Gasteiger partial charge in [-0.05, 0) is 55.3 Å². The Hall–Kier alpha value is -3.98. The zero-order valence-corrected chi connectivity index (χ0v) is 22.6. The number of ether oxygens (including phenoxy) is 2. The molecule has 0 saturated carbocycles. The van der Waals surface area contributed by atoms with Crippen molar-refractivity contribution in [3.05, 3.63) is 75.8 Å². The van der Waals surface area contributed by atoms with E-state index in [4.69, 9.17) is 9.47 Å². The molecule has 38 heavy (non-hydrogen) atoms. The quantitative estimate of drug-likeness (QED) is 0.114. The number of thiazole rings is 1. The molecule has 3 aromatic rings. The number of hydrogen-bond acceptors (Lipinski definition) is 8. The van der Waals surface area contributed by atoms with Gasteiger partial charge in [0.25, 0.3) is 5.78 Å². The van der Waals surface area contributed by atoms with Crippen LogP contribution < -0.4 is 14.4 Å². The molecule has 1 aromatic heterocycles. The molecule has 8 nitrogen and oxygen atoms in total. The van der Waals surface area contributed by atoms with Crippen molar-refractivity contribution in [2.45, 2.75) is 46.1 Å². The number of aliphatic hydroxyl groups excluding tert-OH is 1. The number of amides is 1. The molecular weight excluding hydrogens is 504 g/mol. The van der Waals surface area contributed by atoms with Crippen LogP contribution in [-0.4, -0.2) is 41.3 Å². The number of carbonyl (C=O) groups is 3. The Morgan fingerprint density at radius 1 is 1.05 bits per heavy atom. The van der Waals surface area contributed by atoms with Crippen LogP contribution in [0, 0.1) is 6.92 Å². The van der Waals surface area contributed by atoms with Gasteiger partial charge in [-0.3, -0.25) is 19.3 Å². The van der Waals surface area contributed by atoms with E-state index >= 15 is 0 Å². The lowest BCUT2D eigenvalue weighted by atomic mass is 9.95. The summed E-state index contributed by atoms with van der Waals surface area (Å²) in [5.41, 5.74) is 1.37. The number of unbranched alkanes of at least 4 members (excludes halogenated alkanes) is 2. The van der Waals surface area contributed by atoms with Crippen molar-refractivity contribution in [1.82, 2.24) is 4.98 Å². The molecule has 4 rings (SSSR count). The fourth-order valence-corrected chi connectivity index (χ4v) is 5.34. The normalized spacial score (nSPS) is 16.6. The highest BCUT2D eigenvalue weighted by atomic mass is 32.1. The van der Waals surface area contributed by atoms with Crippen molar-refractivity contribution in [3.63, 3.8) is 0 Å². The summed E-state index contributed by atoms with van der Waals surface area (Å²) in [7, 11) is 1.53. The first kappa shape index (κ1) is 27.1. The Morgan fingerprint density at radius 2 is 1.71 bits per heavy atom. The highest BCUT2D eigenvalue weighted by Crippen LogP contribution is 2.44. The summed E-state index contributed by atoms with van der Waals surface area (Å²) in [5.74, 6) is -0.890. The van der Waals surface area contributed by atoms with Gasteiger partial charge in [0.1, 0.15) is 17.3 Å². The largest absolute Gasteiger partial charge is 0.507 e. The van der Waals surface area contributed by atoms with Gasteiger partial charge in [-0.25, -0.2) is 4.98 Å². The zero-order valence-electron chi connectivity index (χ0n) is 21.8. The lowest BCUT2D eigenvalue weighted by molar-refractivity contribution is -0.132. The van der Waals surface area contributed by atoms with Crippen LogP contribution in [0.25, 0.3) is 5.76 Å². The third-order valence-electron chi connectivity index (χ3n) is 6.33. The molecule has 9 heteroatoms. The number of ketones is 2. The van der Waals surface area contributed by atoms with Gasteiger partial charge >= 0.3 is 5.91 Å². The summed E-state index contributed by atoms with van der Waals surface area (Å²) in [6, 6.07) is 12.7. The summed E-state index contributed by atoms with van der Waals surface area (Å²) < 4.78 is 11.0. The molecule has 1 N–H and O–H groups in total. The van der Waals surface area contributed by atoms with Crippen molar-refractivity contribution in [1.29, 1.82) is 0 Å². The van der Waals surface area contributed by atoms with E-state index in [-0.39, 0.29) is 22.2 Å². The molecule has 2 aromatic carbocycles. The standard InChI is InChI=1S/C29H30N2O6S/c1-5-6-7-16-37-22-14-8-19(9-15-22)24-23(25(33)20-10-12-21(36-4)13-11-20)26(34)28(35)31(24)29-30-17(2)27(38-29)18(3)32/h8-15,24,33H,5-7,16H2,1-4H3/b25-23+. The number of aryl methyl sites for hydroxylation is 1. The number of aromatic nitrogens is 1. The van der Waals surface area contributed by atoms with Gasteiger partial charge in [-0.1, -0.05) is 43.2 Å². The first-order chi connectivity index (χ1) is 18.3. The van der Waals surface area contributed by atoms with Crippen molar-refractivity contribution < 1.29 is 29.0 Å². The summed E-state index contributed by atoms with van der Waals surface area (Å²) >= 11 is 1.05. The topological polar surface area (TPSA) is 106 Å². The Morgan fingerprint density at radius 3 is 2.29 bits per heavy atom. The van der Waals surface area contributed by atoms with E-state index in [0.717, 1.165) is 30.6 Å². The number of benzene rings is 2. The third-order valence-corrected chi connectivity index (χ3v) is 7.59. The highest BCUT2D eigenvalue weighted by molar-refractivity contribution is 7.18. The van der Waals surface area contributed by atoms with E-state index in [2.05, 4.69) is 11.9 Å². The van der Waals surface area contributed by atoms with E-state index in [1.807, 2.05) is 0 Å². The second-order valence-electron chi connectivity index (χ2n) is 8.99. The number of carbonyl (C=O) groups excluding carboxylic acids is 3. The van der Waals surface area contributed by atoms with Crippen LogP contribution in [0.1, 0.15) is 65.6 Å². The van der Waals surface area contributed by atoms with Crippen LogP contribution in [0.4, 0.5) is 5.13 Å². The van der Waals surface area contributed by atoms with Crippen molar-refractivity contribution >= 4 is 39.7 Å². The average Bonchev–Trinajstić information content (AvgIpc) is 3.43. The van der Waals surface area contributed by atoms with Crippen LogP contribution in [0.2, 0.25) is 0 Å². The van der Waals surface area contributed by atoms with Gasteiger partial charge in [-0.2, -0.15) is 0 Å². The van der Waals surface area contributed by atoms with Crippen LogP contribution in [0.15, 0.2) is 54.1 Å². The first-order valence-corrected chi connectivity index (χ1v) is 13.2. The number of nitrogens with zero attached hydrogens (tertiary/aromatic N) is 2. The monoisotopic (exact) mass is 534 g/mol. The molecule has 0 spiro atoms. The summed E-state index contributed by atoms with van der Waals surface area (Å²) in [4.78, 5) is 44.9. The Bertz CT molecular complexity index is 1380. The average molecular weight is 535 g/mol. The minimum atomic E-state index is -0.948. The summed E-state index contributed by atoms with van der Waals surface area (Å²) in [6.07, 6.45) is 3.12. The number of hydrogen-bond donors (Lipinski definition) is 1. The molecule has 1 amide bonds. The van der Waals surface area contributed by atoms with Crippen LogP contribution in [0.5, 0.6) is 11.5 Å². The minimum Gasteiger partial charge on any atom is -0.507 e. The zero-order chi connectivity index (χ0) is 27.4. The predicted octanol–water partition coefficient (Wildman–Crippen LogP) is 5.86. The van der Waals surface area contributed by atoms with Crippen LogP contribution in [0.3, 0.4) is 0 Å². The van der Waals surface area contributed by atoms with Gasteiger partial charge in [0.05, 0.1) is 35.9 Å². The first-order valence-electron chi connectivity index (χ1n) is 12.4. The minimum absolute atomic E-state index is 0.0611. The lowest BCUT2D eigenvalue weighted by Crippen LogP contribution is -2.29. The van der Waals surface area contributed by atoms with Crippen LogP contribution >= 0.6 is 11.3 Å². The van der Waals surface area contributed by atoms with E-state index in [1.165, 1.54) is 18.9 Å². The number of Topliss-reactive ketones (excluding diaryl/α,β-unsaturated/α-hetero) is 2. The third kappa shape index (κ3) is 5.33. The van der Waals surface area contributed by atoms with Crippen LogP contribution in [-0.2, 0) is 9.59 Å². The molecule has 198 valence electrons. The maximum Gasteiger partial charge on any atom is 0.301 e. The second-order valence-corrected chi connectivity index (χ2v) is 9.97. The SMILES string of the molecule is CCCCCOc1ccc(C2/C(=C(\O)c3ccc(OC)cc3)C(=O)C(=O)N2c2nc(C)c(C(C)=O)s2)cc1. The molecule has 1 aliphatic heterocycles. The fourth-order valence-electron chi connectivity index (χ4n) is 4.35. The fraction of sp³-hybridized carbons (Fsp3) is 0.310. The number of aliphatic hydroxyl groups is 1. The summed E-state index contributed by atoms with van der Waals surface area (Å²) in [5, 5.41) is 11.5. The predicted molar refractivity (Wildman–Crippen MR) is 146 cm³/mol. The number of anilines is 1. The Kier molecular flexibility index (Phi) is 8.26.